The minimum atomic E-state index is -3.59. The van der Waals surface area contributed by atoms with Gasteiger partial charge in [0.2, 0.25) is 23.6 Å². The Morgan fingerprint density at radius 2 is 0.525 bits per heavy atom. The van der Waals surface area contributed by atoms with Gasteiger partial charge in [-0.2, -0.15) is 0 Å². The van der Waals surface area contributed by atoms with Crippen molar-refractivity contribution in [1.82, 2.24) is 19.6 Å². The molecule has 32 heteroatoms. The molecule has 0 radical (unpaired) electrons. The molecule has 8 aromatic carbocycles. The number of hydrogen-bond donors (Lipinski definition) is 4. The first kappa shape index (κ1) is 88.3. The lowest BCUT2D eigenvalue weighted by Crippen LogP contribution is -2.47. The van der Waals surface area contributed by atoms with Gasteiger partial charge in [0.1, 0.15) is 72.8 Å². The highest BCUT2D eigenvalue weighted by Crippen LogP contribution is 2.35. The molecule has 0 spiro atoms. The number of aryl methyl sites for hydroxylation is 2. The molecule has 8 N–H and O–H groups in total. The number of hydrogen-bond acceptors (Lipinski definition) is 20. The zero-order chi connectivity index (χ0) is 86.0. The van der Waals surface area contributed by atoms with Crippen LogP contribution < -0.4 is 41.9 Å². The van der Waals surface area contributed by atoms with Crippen LogP contribution in [0.1, 0.15) is 157 Å². The lowest BCUT2D eigenvalue weighted by molar-refractivity contribution is -0.136. The molecule has 0 bridgehead atoms. The van der Waals surface area contributed by atoms with E-state index in [9.17, 15) is 52.8 Å². The first-order valence-electron chi connectivity index (χ1n) is 41.4. The molecule has 644 valence electrons. The van der Waals surface area contributed by atoms with Crippen molar-refractivity contribution in [3.63, 3.8) is 0 Å². The van der Waals surface area contributed by atoms with Crippen molar-refractivity contribution in [2.45, 2.75) is 163 Å². The topological polar surface area (TPSA) is 408 Å². The molecule has 8 aliphatic rings. The van der Waals surface area contributed by atoms with Crippen molar-refractivity contribution in [1.29, 1.82) is 0 Å². The predicted molar refractivity (Wildman–Crippen MR) is 468 cm³/mol. The molecule has 4 saturated heterocycles. The number of amides is 4. The van der Waals surface area contributed by atoms with Crippen LogP contribution in [0.3, 0.4) is 0 Å². The smallest absolute Gasteiger partial charge is 0.259 e. The summed E-state index contributed by atoms with van der Waals surface area (Å²) in [5.74, 6) is 1.55. The Hall–Kier alpha value is -11.5. The first-order valence-corrected chi connectivity index (χ1v) is 47.8. The third-order valence-electron chi connectivity index (χ3n) is 22.6. The quantitative estimate of drug-likeness (QED) is 0.0490. The number of ether oxygens (including phenoxy) is 4. The number of benzene rings is 8. The lowest BCUT2D eigenvalue weighted by atomic mass is 10.0. The lowest BCUT2D eigenvalue weighted by Gasteiger charge is -2.36. The van der Waals surface area contributed by atoms with E-state index in [0.29, 0.717) is 133 Å². The highest BCUT2D eigenvalue weighted by Gasteiger charge is 2.36. The standard InChI is InChI=1S/2C23H27N3O4S.2C22H25N3O4S/c2*24-23-22-18(16-31(28,29)25-23)9-6-11-20(22)30-15-19-10-4-5-14-26(19)21(27)13-12-17-7-2-1-3-8-17;2*23-22-21-17(15-30(27,28)24-22)9-6-11-19(21)29-14-18-10-4-5-12-25(18)20(26)13-16-7-2-1-3-8-16/h2*1-3,6-9,11,19H,4-5,10,12-16H2,(H2,24,25);2*1-3,6-9,11,18H,4-5,10,12-15H2,(H2,23,24)/t2*19-;2*18-/m1111/s1. The normalized spacial score (nSPS) is 20.1. The van der Waals surface area contributed by atoms with Gasteiger partial charge in [0, 0.05) is 39.0 Å². The molecule has 0 unspecified atom stereocenters. The summed E-state index contributed by atoms with van der Waals surface area (Å²) in [5, 5.41) is 0. The number of fused-ring (bicyclic) bond motifs is 4. The third kappa shape index (κ3) is 23.6. The molecule has 28 nitrogen and oxygen atoms in total. The van der Waals surface area contributed by atoms with Gasteiger partial charge in [-0.25, -0.2) is 33.7 Å². The molecule has 8 heterocycles. The summed E-state index contributed by atoms with van der Waals surface area (Å²) in [7, 11) is -14.4. The average Bonchev–Trinajstić information content (AvgIpc) is 0.792. The van der Waals surface area contributed by atoms with E-state index in [-0.39, 0.29) is 94.1 Å². The van der Waals surface area contributed by atoms with Gasteiger partial charge in [-0.1, -0.05) is 170 Å². The van der Waals surface area contributed by atoms with Gasteiger partial charge in [0.25, 0.3) is 40.1 Å². The predicted octanol–water partition coefficient (Wildman–Crippen LogP) is 9.73. The van der Waals surface area contributed by atoms with Crippen LogP contribution in [0, 0.1) is 0 Å². The van der Waals surface area contributed by atoms with Crippen molar-refractivity contribution in [2.75, 3.05) is 52.6 Å². The third-order valence-corrected chi connectivity index (χ3v) is 27.2. The Labute approximate surface area is 713 Å². The summed E-state index contributed by atoms with van der Waals surface area (Å²) in [4.78, 5) is 59.3. The Balaban J connectivity index is 0.000000140. The van der Waals surface area contributed by atoms with Crippen LogP contribution in [0.15, 0.2) is 212 Å². The van der Waals surface area contributed by atoms with Gasteiger partial charge < -0.3 is 61.5 Å². The second kappa shape index (κ2) is 40.5. The number of sulfonamides is 4. The number of carbonyl (C=O) groups excluding carboxylic acids is 4. The van der Waals surface area contributed by atoms with E-state index < -0.39 is 40.1 Å². The molecule has 4 amide bonds. The zero-order valence-electron chi connectivity index (χ0n) is 68.0. The highest BCUT2D eigenvalue weighted by atomic mass is 32.2. The second-order valence-electron chi connectivity index (χ2n) is 31.5. The van der Waals surface area contributed by atoms with Crippen LogP contribution >= 0.6 is 0 Å². The van der Waals surface area contributed by atoms with Crippen molar-refractivity contribution in [2.24, 2.45) is 40.5 Å². The largest absolute Gasteiger partial charge is 0.491 e. The van der Waals surface area contributed by atoms with Gasteiger partial charge in [-0.05, 0) is 159 Å². The molecule has 0 aliphatic carbocycles. The molecular formula is C90H104N12O16S4. The molecule has 0 aromatic heterocycles. The van der Waals surface area contributed by atoms with Crippen molar-refractivity contribution >= 4 is 87.1 Å². The number of nitrogens with two attached hydrogens (primary N) is 4. The molecule has 0 saturated carbocycles. The van der Waals surface area contributed by atoms with Crippen molar-refractivity contribution in [3.05, 3.63) is 261 Å². The second-order valence-corrected chi connectivity index (χ2v) is 38.0. The molecule has 8 aromatic rings. The maximum atomic E-state index is 12.9. The van der Waals surface area contributed by atoms with Gasteiger partial charge in [-0.15, -0.1) is 17.6 Å². The zero-order valence-corrected chi connectivity index (χ0v) is 71.3. The van der Waals surface area contributed by atoms with Gasteiger partial charge >= 0.3 is 0 Å². The summed E-state index contributed by atoms with van der Waals surface area (Å²) in [6.07, 6.45) is 14.7. The van der Waals surface area contributed by atoms with Crippen LogP contribution in [0.4, 0.5) is 0 Å². The molecule has 8 aliphatic heterocycles. The number of carbonyl (C=O) groups is 4. The summed E-state index contributed by atoms with van der Waals surface area (Å²) in [6, 6.07) is 60.3. The molecule has 4 atom stereocenters. The number of amidine groups is 4. The van der Waals surface area contributed by atoms with E-state index in [4.69, 9.17) is 41.9 Å². The Morgan fingerprint density at radius 3 is 0.770 bits per heavy atom. The highest BCUT2D eigenvalue weighted by molar-refractivity contribution is 7.90. The number of rotatable bonds is 22. The Kier molecular flexibility index (Phi) is 29.3. The molecule has 16 rings (SSSR count). The van der Waals surface area contributed by atoms with Crippen LogP contribution in [0.25, 0.3) is 0 Å². The van der Waals surface area contributed by atoms with Crippen LogP contribution in [0.5, 0.6) is 23.0 Å². The molecule has 4 fully saturated rings. The van der Waals surface area contributed by atoms with Crippen LogP contribution in [-0.2, 0) is 108 Å². The first-order chi connectivity index (χ1) is 58.7. The summed E-state index contributed by atoms with van der Waals surface area (Å²) in [5.41, 5.74) is 32.5. The van der Waals surface area contributed by atoms with Gasteiger partial charge in [0.15, 0.2) is 0 Å². The van der Waals surface area contributed by atoms with E-state index in [2.05, 4.69) is 17.6 Å². The van der Waals surface area contributed by atoms with Gasteiger partial charge in [0.05, 0.1) is 82.3 Å². The van der Waals surface area contributed by atoms with Crippen LogP contribution in [-0.4, -0.2) is 177 Å². The monoisotopic (exact) mass is 1740 g/mol. The van der Waals surface area contributed by atoms with E-state index in [1.807, 2.05) is 141 Å². The number of piperidine rings is 4. The Morgan fingerprint density at radius 1 is 0.295 bits per heavy atom. The van der Waals surface area contributed by atoms with E-state index >= 15 is 0 Å². The minimum absolute atomic E-state index is 0.0154. The van der Waals surface area contributed by atoms with Crippen LogP contribution in [0.2, 0.25) is 0 Å². The SMILES string of the molecule is NC1=NS(=O)(=O)Cc2cccc(OC[C@H]3CCCCN3C(=O)CCc3ccccc3)c21.NC1=NS(=O)(=O)Cc2cccc(OC[C@H]3CCCCN3C(=O)CCc3ccccc3)c21.NC1=NS(=O)(=O)Cc2cccc(OC[C@H]3CCCCN3C(=O)Cc3ccccc3)c21.NC1=NS(=O)(=O)Cc2cccc(OC[C@H]3CCCCN3C(=O)Cc3ccccc3)c21. The van der Waals surface area contributed by atoms with Crippen molar-refractivity contribution < 1.29 is 71.8 Å². The number of nitrogens with zero attached hydrogens (tertiary/aromatic N) is 8. The molecular weight excluding hydrogens is 1630 g/mol. The average molecular weight is 1740 g/mol. The summed E-state index contributed by atoms with van der Waals surface area (Å²) in [6.45, 7) is 4.24. The van der Waals surface area contributed by atoms with E-state index in [0.717, 1.165) is 125 Å². The fourth-order valence-electron chi connectivity index (χ4n) is 16.7. The number of likely N-dealkylation sites (tertiary alicyclic amines) is 4. The fourth-order valence-corrected chi connectivity index (χ4v) is 21.1. The summed E-state index contributed by atoms with van der Waals surface area (Å²) >= 11 is 0. The van der Waals surface area contributed by atoms with E-state index in [1.54, 1.807) is 72.8 Å². The summed E-state index contributed by atoms with van der Waals surface area (Å²) < 4.78 is 134. The Bertz CT molecular complexity index is 5340. The maximum absolute atomic E-state index is 12.9. The molecule has 122 heavy (non-hydrogen) atoms. The minimum Gasteiger partial charge on any atom is -0.491 e. The van der Waals surface area contributed by atoms with Crippen molar-refractivity contribution in [3.8, 4) is 23.0 Å². The maximum Gasteiger partial charge on any atom is 0.259 e. The fraction of sp³-hybridized carbons (Fsp3) is 0.378. The van der Waals surface area contributed by atoms with E-state index in [1.165, 1.54) is 0 Å². The van der Waals surface area contributed by atoms with Gasteiger partial charge in [-0.3, -0.25) is 19.2 Å².